The molecule has 0 aliphatic carbocycles. The molecule has 0 spiro atoms. The maximum Gasteiger partial charge on any atom is 0.328 e. The number of anilines is 3. The number of nitriles is 1. The molecule has 2 aliphatic heterocycles. The predicted octanol–water partition coefficient (Wildman–Crippen LogP) is 2.04. The normalized spacial score (nSPS) is 17.2. The zero-order valence-corrected chi connectivity index (χ0v) is 23.5. The molecule has 2 atom stereocenters. The van der Waals surface area contributed by atoms with Crippen LogP contribution in [0.3, 0.4) is 0 Å². The molecule has 1 saturated heterocycles. The first kappa shape index (κ1) is 28.3. The van der Waals surface area contributed by atoms with E-state index in [-0.39, 0.29) is 19.2 Å². The van der Waals surface area contributed by atoms with Crippen molar-refractivity contribution in [3.8, 4) is 11.9 Å². The van der Waals surface area contributed by atoms with Gasteiger partial charge in [0, 0.05) is 67.7 Å². The number of hydrogen-bond donors (Lipinski definition) is 2. The number of fused-ring (bicyclic) bond motifs is 1. The highest BCUT2D eigenvalue weighted by Gasteiger charge is 2.28. The number of carbonyl (C=O) groups excluding carboxylic acids is 2. The standard InChI is InChI=1S/C26H34N8O4S.H2/c1-17(16-39(4)37)29-21-11-22(28-13-20(21)12-27)30-26(36)34-7-5-6-18-10-19(25(38-3)31-24(18)34)14-33-9-8-32(2)15-23(33)35;/h10-11,13,17H,5-9,14-16H2,1-4H3,(H2,28,29,30,36);1H/t17-,39?;/m1./s1. The highest BCUT2D eigenvalue weighted by Crippen LogP contribution is 2.32. The van der Waals surface area contributed by atoms with E-state index < -0.39 is 16.8 Å². The number of piperazine rings is 1. The summed E-state index contributed by atoms with van der Waals surface area (Å²) in [5.41, 5.74) is 2.54. The molecule has 0 bridgehead atoms. The maximum absolute atomic E-state index is 13.3. The van der Waals surface area contributed by atoms with Gasteiger partial charge in [-0.3, -0.25) is 24.1 Å². The topological polar surface area (TPSA) is 144 Å². The number of ether oxygens (including phenoxy) is 1. The van der Waals surface area contributed by atoms with Crippen molar-refractivity contribution in [1.82, 2.24) is 19.8 Å². The molecule has 1 unspecified atom stereocenters. The van der Waals surface area contributed by atoms with Crippen LogP contribution in [-0.4, -0.2) is 94.3 Å². The number of nitrogens with zero attached hydrogens (tertiary/aromatic N) is 6. The van der Waals surface area contributed by atoms with Crippen molar-refractivity contribution < 1.29 is 20.0 Å². The largest absolute Gasteiger partial charge is 0.481 e. The molecule has 0 aromatic carbocycles. The molecule has 13 heteroatoms. The Balaban J connectivity index is 0.00000441. The van der Waals surface area contributed by atoms with E-state index in [2.05, 4.69) is 26.7 Å². The molecule has 2 aromatic rings. The predicted molar refractivity (Wildman–Crippen MR) is 151 cm³/mol. The first-order chi connectivity index (χ1) is 18.7. The molecular weight excluding hydrogens is 520 g/mol. The van der Waals surface area contributed by atoms with Gasteiger partial charge in [-0.15, -0.1) is 0 Å². The molecule has 4 rings (SSSR count). The Hall–Kier alpha value is -3.76. The molecule has 39 heavy (non-hydrogen) atoms. The fourth-order valence-electron chi connectivity index (χ4n) is 4.78. The zero-order valence-electron chi connectivity index (χ0n) is 22.7. The van der Waals surface area contributed by atoms with Gasteiger partial charge in [0.1, 0.15) is 17.7 Å². The van der Waals surface area contributed by atoms with Crippen LogP contribution in [0.1, 0.15) is 31.5 Å². The summed E-state index contributed by atoms with van der Waals surface area (Å²) in [5.74, 6) is 1.64. The second-order valence-corrected chi connectivity index (χ2v) is 11.4. The van der Waals surface area contributed by atoms with Gasteiger partial charge in [0.05, 0.1) is 31.5 Å². The van der Waals surface area contributed by atoms with Gasteiger partial charge in [-0.05, 0) is 38.4 Å². The summed E-state index contributed by atoms with van der Waals surface area (Å²) in [6.45, 7) is 4.56. The number of urea groups is 1. The van der Waals surface area contributed by atoms with E-state index in [4.69, 9.17) is 4.74 Å². The first-order valence-corrected chi connectivity index (χ1v) is 14.5. The Morgan fingerprint density at radius 3 is 2.82 bits per heavy atom. The fraction of sp³-hybridized carbons (Fsp3) is 0.500. The van der Waals surface area contributed by atoms with E-state index in [1.54, 1.807) is 22.1 Å². The summed E-state index contributed by atoms with van der Waals surface area (Å²) < 4.78 is 17.1. The monoisotopic (exact) mass is 556 g/mol. The third kappa shape index (κ3) is 6.82. The van der Waals surface area contributed by atoms with Gasteiger partial charge >= 0.3 is 6.03 Å². The number of amides is 3. The molecular formula is C26H36N8O4S. The van der Waals surface area contributed by atoms with Gasteiger partial charge in [0.15, 0.2) is 0 Å². The minimum absolute atomic E-state index is 0. The summed E-state index contributed by atoms with van der Waals surface area (Å²) in [4.78, 5) is 40.1. The number of methoxy groups -OCH3 is 1. The lowest BCUT2D eigenvalue weighted by Crippen LogP contribution is -2.48. The molecule has 3 amide bonds. The van der Waals surface area contributed by atoms with E-state index >= 15 is 0 Å². The van der Waals surface area contributed by atoms with Crippen LogP contribution in [0.4, 0.5) is 22.1 Å². The van der Waals surface area contributed by atoms with E-state index in [1.165, 1.54) is 13.3 Å². The lowest BCUT2D eigenvalue weighted by molar-refractivity contribution is -0.136. The van der Waals surface area contributed by atoms with Crippen molar-refractivity contribution in [1.29, 1.82) is 5.26 Å². The minimum atomic E-state index is -1.00. The Morgan fingerprint density at radius 1 is 1.33 bits per heavy atom. The van der Waals surface area contributed by atoms with Crippen LogP contribution in [0.25, 0.3) is 0 Å². The Labute approximate surface area is 232 Å². The number of aryl methyl sites for hydroxylation is 1. The van der Waals surface area contributed by atoms with E-state index in [0.29, 0.717) is 54.9 Å². The van der Waals surface area contributed by atoms with Crippen molar-refractivity contribution in [2.45, 2.75) is 32.4 Å². The number of carbonyl (C=O) groups is 2. The lowest BCUT2D eigenvalue weighted by Gasteiger charge is -2.33. The zero-order chi connectivity index (χ0) is 28.1. The third-order valence-corrected chi connectivity index (χ3v) is 7.63. The summed E-state index contributed by atoms with van der Waals surface area (Å²) >= 11 is 0. The number of likely N-dealkylation sites (N-methyl/N-ethyl adjacent to an activating group) is 1. The lowest BCUT2D eigenvalue weighted by atomic mass is 10.0. The molecule has 0 radical (unpaired) electrons. The number of aromatic nitrogens is 2. The van der Waals surface area contributed by atoms with Crippen molar-refractivity contribution in [3.63, 3.8) is 0 Å². The molecule has 0 saturated carbocycles. The van der Waals surface area contributed by atoms with Gasteiger partial charge in [-0.2, -0.15) is 10.2 Å². The Bertz CT molecular complexity index is 1320. The second-order valence-electron chi connectivity index (χ2n) is 9.89. The van der Waals surface area contributed by atoms with Gasteiger partial charge in [-0.25, -0.2) is 9.78 Å². The summed E-state index contributed by atoms with van der Waals surface area (Å²) in [6, 6.07) is 5.12. The molecule has 2 N–H and O–H groups in total. The molecule has 1 fully saturated rings. The van der Waals surface area contributed by atoms with E-state index in [1.807, 2.05) is 24.9 Å². The van der Waals surface area contributed by atoms with E-state index in [0.717, 1.165) is 30.5 Å². The summed E-state index contributed by atoms with van der Waals surface area (Å²) in [6.07, 6.45) is 4.52. The van der Waals surface area contributed by atoms with Crippen LogP contribution in [0.2, 0.25) is 0 Å². The molecule has 4 heterocycles. The fourth-order valence-corrected chi connectivity index (χ4v) is 5.57. The van der Waals surface area contributed by atoms with Gasteiger partial charge < -0.3 is 15.0 Å². The number of nitrogens with one attached hydrogen (secondary N) is 2. The average molecular weight is 557 g/mol. The average Bonchev–Trinajstić information content (AvgIpc) is 2.89. The van der Waals surface area contributed by atoms with Crippen LogP contribution in [0, 0.1) is 11.3 Å². The highest BCUT2D eigenvalue weighted by atomic mass is 32.2. The third-order valence-electron chi connectivity index (χ3n) is 6.66. The molecule has 12 nitrogen and oxygen atoms in total. The quantitative estimate of drug-likeness (QED) is 0.499. The van der Waals surface area contributed by atoms with E-state index in [9.17, 15) is 19.1 Å². The Kier molecular flexibility index (Phi) is 8.98. The van der Waals surface area contributed by atoms with Crippen LogP contribution in [0.15, 0.2) is 18.3 Å². The smallest absolute Gasteiger partial charge is 0.328 e. The van der Waals surface area contributed by atoms with Crippen molar-refractivity contribution in [3.05, 3.63) is 35.0 Å². The second kappa shape index (κ2) is 12.4. The van der Waals surface area contributed by atoms with Gasteiger partial charge in [-0.1, -0.05) is 0 Å². The molecule has 2 aromatic heterocycles. The first-order valence-electron chi connectivity index (χ1n) is 12.8. The number of rotatable bonds is 8. The molecule has 2 aliphatic rings. The van der Waals surface area contributed by atoms with Crippen molar-refractivity contribution in [2.75, 3.05) is 67.9 Å². The summed E-state index contributed by atoms with van der Waals surface area (Å²) in [7, 11) is 2.45. The van der Waals surface area contributed by atoms with Crippen LogP contribution in [-0.2, 0) is 28.6 Å². The van der Waals surface area contributed by atoms with Crippen molar-refractivity contribution in [2.24, 2.45) is 0 Å². The molecule has 210 valence electrons. The van der Waals surface area contributed by atoms with Gasteiger partial charge in [0.25, 0.3) is 0 Å². The highest BCUT2D eigenvalue weighted by molar-refractivity contribution is 7.84. The van der Waals surface area contributed by atoms with Gasteiger partial charge in [0.2, 0.25) is 11.8 Å². The van der Waals surface area contributed by atoms with Crippen molar-refractivity contribution >= 4 is 40.1 Å². The number of pyridine rings is 2. The van der Waals surface area contributed by atoms with Crippen LogP contribution >= 0.6 is 0 Å². The minimum Gasteiger partial charge on any atom is -0.481 e. The SMILES string of the molecule is COc1nc2c(cc1CN1CCN(C)CC1=O)CCCN2C(=O)Nc1cc(N[C@H](C)CS(C)=O)c(C#N)cn1.[HH]. The Morgan fingerprint density at radius 2 is 2.13 bits per heavy atom. The summed E-state index contributed by atoms with van der Waals surface area (Å²) in [5, 5.41) is 15.5. The van der Waals surface area contributed by atoms with Crippen LogP contribution < -0.4 is 20.3 Å². The maximum atomic E-state index is 13.3. The number of hydrogen-bond acceptors (Lipinski definition) is 9. The van der Waals surface area contributed by atoms with Crippen LogP contribution in [0.5, 0.6) is 5.88 Å².